The van der Waals surface area contributed by atoms with E-state index in [0.29, 0.717) is 5.69 Å². The van der Waals surface area contributed by atoms with Crippen molar-refractivity contribution >= 4 is 23.5 Å². The van der Waals surface area contributed by atoms with E-state index >= 15 is 0 Å². The van der Waals surface area contributed by atoms with Gasteiger partial charge in [0, 0.05) is 24.3 Å². The molecule has 0 aromatic heterocycles. The van der Waals surface area contributed by atoms with Crippen molar-refractivity contribution in [2.45, 2.75) is 12.5 Å². The Morgan fingerprint density at radius 2 is 2.14 bits per heavy atom. The molecule has 1 atom stereocenters. The number of benzene rings is 1. The maximum atomic E-state index is 11.7. The molecule has 1 aromatic rings. The summed E-state index contributed by atoms with van der Waals surface area (Å²) >= 11 is 0. The average Bonchev–Trinajstić information content (AvgIpc) is 2.91. The van der Waals surface area contributed by atoms with Crippen molar-refractivity contribution in [3.05, 3.63) is 29.8 Å². The lowest BCUT2D eigenvalue weighted by molar-refractivity contribution is -0.124. The van der Waals surface area contributed by atoms with Crippen LogP contribution in [-0.4, -0.2) is 43.6 Å². The number of hydrogen-bond donors (Lipinski definition) is 2. The summed E-state index contributed by atoms with van der Waals surface area (Å²) in [5.74, 6) is 0.232. The first-order valence-electron chi connectivity index (χ1n) is 6.81. The molecule has 7 heteroatoms. The van der Waals surface area contributed by atoms with Gasteiger partial charge < -0.3 is 15.8 Å². The minimum absolute atomic E-state index is 0.146. The van der Waals surface area contributed by atoms with E-state index in [-0.39, 0.29) is 6.54 Å². The molecule has 0 unspecified atom stereocenters. The Morgan fingerprint density at radius 3 is 2.71 bits per heavy atom. The molecule has 0 spiro atoms. The van der Waals surface area contributed by atoms with Gasteiger partial charge in [-0.05, 0) is 30.7 Å². The predicted molar refractivity (Wildman–Crippen MR) is 77.3 cm³/mol. The summed E-state index contributed by atoms with van der Waals surface area (Å²) in [6.07, 6.45) is -0.406. The SMILES string of the molecule is NC(=O)[C@@H]1CN(c2ccc(C3=NCCCN3)cc2)C(=O)O1. The van der Waals surface area contributed by atoms with Gasteiger partial charge in [-0.25, -0.2) is 4.79 Å². The Kier molecular flexibility index (Phi) is 3.47. The fourth-order valence-corrected chi connectivity index (χ4v) is 2.35. The summed E-state index contributed by atoms with van der Waals surface area (Å²) in [5.41, 5.74) is 6.80. The molecule has 110 valence electrons. The van der Waals surface area contributed by atoms with Gasteiger partial charge in [0.1, 0.15) is 5.84 Å². The molecular weight excluding hydrogens is 272 g/mol. The standard InChI is InChI=1S/C14H16N4O3/c15-12(19)11-8-18(14(20)21-11)10-4-2-9(3-5-10)13-16-6-1-7-17-13/h2-5,11H,1,6-8H2,(H2,15,19)(H,16,17)/t11-/m0/s1. The fraction of sp³-hybridized carbons (Fsp3) is 0.357. The zero-order chi connectivity index (χ0) is 14.8. The molecule has 1 saturated heterocycles. The van der Waals surface area contributed by atoms with Crippen molar-refractivity contribution in [3.8, 4) is 0 Å². The van der Waals surface area contributed by atoms with E-state index in [4.69, 9.17) is 10.5 Å². The number of cyclic esters (lactones) is 1. The second-order valence-corrected chi connectivity index (χ2v) is 4.94. The third-order valence-electron chi connectivity index (χ3n) is 3.48. The number of hydrogen-bond acceptors (Lipinski definition) is 5. The van der Waals surface area contributed by atoms with Gasteiger partial charge in [-0.3, -0.25) is 14.7 Å². The number of amidine groups is 1. The van der Waals surface area contributed by atoms with Crippen LogP contribution >= 0.6 is 0 Å². The summed E-state index contributed by atoms with van der Waals surface area (Å²) in [4.78, 5) is 28.6. The second kappa shape index (κ2) is 5.43. The van der Waals surface area contributed by atoms with Crippen molar-refractivity contribution < 1.29 is 14.3 Å². The Labute approximate surface area is 121 Å². The van der Waals surface area contributed by atoms with Crippen LogP contribution in [0.2, 0.25) is 0 Å². The van der Waals surface area contributed by atoms with Crippen LogP contribution in [0, 0.1) is 0 Å². The van der Waals surface area contributed by atoms with Gasteiger partial charge in [-0.2, -0.15) is 0 Å². The lowest BCUT2D eigenvalue weighted by Gasteiger charge is -2.16. The Balaban J connectivity index is 1.77. The molecule has 3 N–H and O–H groups in total. The molecule has 21 heavy (non-hydrogen) atoms. The molecule has 2 amide bonds. The third-order valence-corrected chi connectivity index (χ3v) is 3.48. The Hall–Kier alpha value is -2.57. The molecule has 0 saturated carbocycles. The van der Waals surface area contributed by atoms with Crippen LogP contribution in [0.25, 0.3) is 0 Å². The minimum atomic E-state index is -0.887. The summed E-state index contributed by atoms with van der Waals surface area (Å²) in [6, 6.07) is 7.38. The van der Waals surface area contributed by atoms with Gasteiger partial charge in [0.25, 0.3) is 5.91 Å². The number of aliphatic imine (C=N–C) groups is 1. The summed E-state index contributed by atoms with van der Waals surface area (Å²) in [5, 5.41) is 3.24. The number of rotatable bonds is 3. The van der Waals surface area contributed by atoms with Crippen molar-refractivity contribution in [3.63, 3.8) is 0 Å². The first kappa shape index (κ1) is 13.4. The van der Waals surface area contributed by atoms with Crippen LogP contribution in [0.15, 0.2) is 29.3 Å². The van der Waals surface area contributed by atoms with Crippen molar-refractivity contribution in [2.24, 2.45) is 10.7 Å². The molecule has 3 rings (SSSR count). The largest absolute Gasteiger partial charge is 0.434 e. The van der Waals surface area contributed by atoms with E-state index in [1.165, 1.54) is 4.90 Å². The summed E-state index contributed by atoms with van der Waals surface area (Å²) in [6.45, 7) is 1.88. The Bertz CT molecular complexity index is 597. The molecule has 1 fully saturated rings. The van der Waals surface area contributed by atoms with E-state index in [1.54, 1.807) is 12.1 Å². The van der Waals surface area contributed by atoms with Crippen molar-refractivity contribution in [1.29, 1.82) is 0 Å². The van der Waals surface area contributed by atoms with Gasteiger partial charge in [0.2, 0.25) is 0 Å². The molecule has 7 nitrogen and oxygen atoms in total. The fourth-order valence-electron chi connectivity index (χ4n) is 2.35. The lowest BCUT2D eigenvalue weighted by Crippen LogP contribution is -2.32. The zero-order valence-electron chi connectivity index (χ0n) is 11.4. The average molecular weight is 288 g/mol. The number of nitrogens with one attached hydrogen (secondary N) is 1. The number of carbonyl (C=O) groups excluding carboxylic acids is 2. The van der Waals surface area contributed by atoms with Crippen LogP contribution in [0.1, 0.15) is 12.0 Å². The highest BCUT2D eigenvalue weighted by atomic mass is 16.6. The lowest BCUT2D eigenvalue weighted by atomic mass is 10.1. The molecule has 2 heterocycles. The van der Waals surface area contributed by atoms with Crippen LogP contribution in [0.4, 0.5) is 10.5 Å². The number of amides is 2. The predicted octanol–water partition coefficient (Wildman–Crippen LogP) is 0.237. The van der Waals surface area contributed by atoms with E-state index in [1.807, 2.05) is 12.1 Å². The first-order valence-corrected chi connectivity index (χ1v) is 6.81. The van der Waals surface area contributed by atoms with Gasteiger partial charge >= 0.3 is 6.09 Å². The highest BCUT2D eigenvalue weighted by Gasteiger charge is 2.35. The maximum absolute atomic E-state index is 11.7. The van der Waals surface area contributed by atoms with Gasteiger partial charge in [0.15, 0.2) is 6.10 Å². The van der Waals surface area contributed by atoms with E-state index < -0.39 is 18.1 Å². The summed E-state index contributed by atoms with van der Waals surface area (Å²) < 4.78 is 4.91. The number of ether oxygens (including phenoxy) is 1. The first-order chi connectivity index (χ1) is 10.1. The van der Waals surface area contributed by atoms with Crippen LogP contribution in [0.5, 0.6) is 0 Å². The van der Waals surface area contributed by atoms with E-state index in [9.17, 15) is 9.59 Å². The van der Waals surface area contributed by atoms with Gasteiger partial charge in [-0.1, -0.05) is 0 Å². The van der Waals surface area contributed by atoms with Crippen LogP contribution < -0.4 is 16.0 Å². The van der Waals surface area contributed by atoms with Crippen LogP contribution in [0.3, 0.4) is 0 Å². The topological polar surface area (TPSA) is 97.0 Å². The maximum Gasteiger partial charge on any atom is 0.415 e. The number of nitrogens with two attached hydrogens (primary N) is 1. The normalized spacial score (nSPS) is 21.5. The third kappa shape index (κ3) is 2.67. The van der Waals surface area contributed by atoms with Crippen molar-refractivity contribution in [1.82, 2.24) is 5.32 Å². The number of anilines is 1. The summed E-state index contributed by atoms with van der Waals surface area (Å²) in [7, 11) is 0. The Morgan fingerprint density at radius 1 is 1.38 bits per heavy atom. The monoisotopic (exact) mass is 288 g/mol. The van der Waals surface area contributed by atoms with Gasteiger partial charge in [0.05, 0.1) is 6.54 Å². The number of primary amides is 1. The molecule has 0 aliphatic carbocycles. The van der Waals surface area contributed by atoms with Crippen molar-refractivity contribution in [2.75, 3.05) is 24.5 Å². The quantitative estimate of drug-likeness (QED) is 0.832. The van der Waals surface area contributed by atoms with E-state index in [0.717, 1.165) is 30.9 Å². The molecule has 0 bridgehead atoms. The highest BCUT2D eigenvalue weighted by molar-refractivity contribution is 6.00. The van der Waals surface area contributed by atoms with Gasteiger partial charge in [-0.15, -0.1) is 0 Å². The van der Waals surface area contributed by atoms with E-state index in [2.05, 4.69) is 10.3 Å². The second-order valence-electron chi connectivity index (χ2n) is 4.94. The minimum Gasteiger partial charge on any atom is -0.434 e. The molecular formula is C14H16N4O3. The molecule has 1 aromatic carbocycles. The molecule has 2 aliphatic rings. The number of carbonyl (C=O) groups is 2. The smallest absolute Gasteiger partial charge is 0.415 e. The highest BCUT2D eigenvalue weighted by Crippen LogP contribution is 2.22. The zero-order valence-corrected chi connectivity index (χ0v) is 11.4. The number of nitrogens with zero attached hydrogens (tertiary/aromatic N) is 2. The van der Waals surface area contributed by atoms with Crippen LogP contribution in [-0.2, 0) is 9.53 Å². The molecule has 2 aliphatic heterocycles. The molecule has 0 radical (unpaired) electrons.